The van der Waals surface area contributed by atoms with Crippen molar-refractivity contribution < 1.29 is 4.79 Å². The summed E-state index contributed by atoms with van der Waals surface area (Å²) in [6.45, 7) is 7.82. The van der Waals surface area contributed by atoms with Crippen LogP contribution in [-0.2, 0) is 11.3 Å². The summed E-state index contributed by atoms with van der Waals surface area (Å²) in [4.78, 5) is 11.8. The topological polar surface area (TPSA) is 46.9 Å². The quantitative estimate of drug-likeness (QED) is 0.628. The molecule has 0 fully saturated rings. The van der Waals surface area contributed by atoms with Crippen LogP contribution in [0.25, 0.3) is 6.08 Å². The molecule has 1 aromatic heterocycles. The van der Waals surface area contributed by atoms with Crippen molar-refractivity contribution in [1.29, 1.82) is 0 Å². The van der Waals surface area contributed by atoms with Crippen molar-refractivity contribution in [2.24, 2.45) is 0 Å². The minimum absolute atomic E-state index is 0.0606. The number of hydrogen-bond donors (Lipinski definition) is 1. The first-order valence-electron chi connectivity index (χ1n) is 8.09. The Hall–Kier alpha value is -2.36. The normalized spacial score (nSPS) is 11.3. The van der Waals surface area contributed by atoms with Gasteiger partial charge in [0.25, 0.3) is 0 Å². The first-order valence-corrected chi connectivity index (χ1v) is 8.09. The van der Waals surface area contributed by atoms with Crippen molar-refractivity contribution in [1.82, 2.24) is 15.1 Å². The highest BCUT2D eigenvalue weighted by atomic mass is 16.1. The Labute approximate surface area is 138 Å². The second kappa shape index (κ2) is 8.32. The molecule has 0 aliphatic rings. The second-order valence-electron chi connectivity index (χ2n) is 6.08. The molecule has 4 heteroatoms. The summed E-state index contributed by atoms with van der Waals surface area (Å²) in [6.07, 6.45) is 8.14. The van der Waals surface area contributed by atoms with E-state index >= 15 is 0 Å². The molecule has 0 aliphatic carbocycles. The van der Waals surface area contributed by atoms with Gasteiger partial charge in [0.15, 0.2) is 0 Å². The number of carbonyl (C=O) groups excluding carboxylic acids is 1. The number of nitrogens with zero attached hydrogens (tertiary/aromatic N) is 2. The Morgan fingerprint density at radius 2 is 2.04 bits per heavy atom. The fourth-order valence-electron chi connectivity index (χ4n) is 2.26. The van der Waals surface area contributed by atoms with E-state index < -0.39 is 0 Å². The third kappa shape index (κ3) is 5.74. The van der Waals surface area contributed by atoms with Gasteiger partial charge in [-0.2, -0.15) is 5.10 Å². The number of amides is 1. The van der Waals surface area contributed by atoms with Gasteiger partial charge in [-0.25, -0.2) is 0 Å². The summed E-state index contributed by atoms with van der Waals surface area (Å²) in [5, 5.41) is 7.11. The van der Waals surface area contributed by atoms with E-state index in [4.69, 9.17) is 0 Å². The van der Waals surface area contributed by atoms with Crippen molar-refractivity contribution in [2.75, 3.05) is 6.54 Å². The lowest BCUT2D eigenvalue weighted by Crippen LogP contribution is -2.23. The van der Waals surface area contributed by atoms with Crippen LogP contribution >= 0.6 is 0 Å². The summed E-state index contributed by atoms with van der Waals surface area (Å²) >= 11 is 0. The van der Waals surface area contributed by atoms with E-state index in [0.717, 1.165) is 24.1 Å². The molecule has 23 heavy (non-hydrogen) atoms. The van der Waals surface area contributed by atoms with Crippen LogP contribution in [0.1, 0.15) is 42.9 Å². The molecule has 1 amide bonds. The molecule has 0 aliphatic heterocycles. The van der Waals surface area contributed by atoms with Crippen LogP contribution in [0.2, 0.25) is 0 Å². The van der Waals surface area contributed by atoms with E-state index in [0.29, 0.717) is 12.5 Å². The highest BCUT2D eigenvalue weighted by Crippen LogP contribution is 2.15. The maximum absolute atomic E-state index is 11.8. The van der Waals surface area contributed by atoms with Gasteiger partial charge < -0.3 is 5.32 Å². The zero-order chi connectivity index (χ0) is 16.7. The molecular weight excluding hydrogens is 286 g/mol. The van der Waals surface area contributed by atoms with Gasteiger partial charge in [-0.15, -0.1) is 0 Å². The van der Waals surface area contributed by atoms with Gasteiger partial charge in [0.2, 0.25) is 5.91 Å². The number of aromatic nitrogens is 2. The lowest BCUT2D eigenvalue weighted by atomic mass is 10.0. The first-order chi connectivity index (χ1) is 11.0. The van der Waals surface area contributed by atoms with E-state index in [9.17, 15) is 4.79 Å². The molecule has 0 radical (unpaired) electrons. The Balaban J connectivity index is 1.71. The van der Waals surface area contributed by atoms with Crippen molar-refractivity contribution in [3.05, 3.63) is 59.4 Å². The van der Waals surface area contributed by atoms with Crippen molar-refractivity contribution in [2.45, 2.75) is 39.7 Å². The maximum Gasteiger partial charge on any atom is 0.244 e. The van der Waals surface area contributed by atoms with Gasteiger partial charge in [-0.1, -0.05) is 38.1 Å². The Bertz CT molecular complexity index is 654. The van der Waals surface area contributed by atoms with Crippen LogP contribution in [0.3, 0.4) is 0 Å². The molecule has 0 unspecified atom stereocenters. The average Bonchev–Trinajstić information content (AvgIpc) is 2.95. The number of nitrogens with one attached hydrogen (secondary N) is 1. The maximum atomic E-state index is 11.8. The number of aryl methyl sites for hydroxylation is 2. The van der Waals surface area contributed by atoms with Crippen LogP contribution in [0.4, 0.5) is 0 Å². The fourth-order valence-corrected chi connectivity index (χ4v) is 2.26. The van der Waals surface area contributed by atoms with Crippen molar-refractivity contribution >= 4 is 12.0 Å². The molecule has 0 saturated carbocycles. The van der Waals surface area contributed by atoms with Gasteiger partial charge in [0.1, 0.15) is 0 Å². The highest BCUT2D eigenvalue weighted by Gasteiger charge is 1.99. The average molecular weight is 311 g/mol. The number of benzene rings is 1. The molecule has 0 spiro atoms. The van der Waals surface area contributed by atoms with E-state index in [-0.39, 0.29) is 5.91 Å². The zero-order valence-corrected chi connectivity index (χ0v) is 14.1. The molecule has 1 heterocycles. The Morgan fingerprint density at radius 3 is 2.65 bits per heavy atom. The van der Waals surface area contributed by atoms with E-state index in [2.05, 4.69) is 36.4 Å². The van der Waals surface area contributed by atoms with E-state index in [1.165, 1.54) is 5.56 Å². The van der Waals surface area contributed by atoms with Gasteiger partial charge >= 0.3 is 0 Å². The van der Waals surface area contributed by atoms with Gasteiger partial charge in [-0.3, -0.25) is 9.48 Å². The van der Waals surface area contributed by atoms with Gasteiger partial charge in [0.05, 0.1) is 6.20 Å². The molecule has 1 N–H and O–H groups in total. The largest absolute Gasteiger partial charge is 0.352 e. The molecular formula is C19H25N3O. The molecule has 1 aromatic carbocycles. The number of hydrogen-bond acceptors (Lipinski definition) is 2. The van der Waals surface area contributed by atoms with E-state index in [1.807, 2.05) is 42.2 Å². The molecule has 0 bridgehead atoms. The predicted molar refractivity (Wildman–Crippen MR) is 94.2 cm³/mol. The summed E-state index contributed by atoms with van der Waals surface area (Å²) in [6, 6.07) is 8.29. The number of carbonyl (C=O) groups is 1. The summed E-state index contributed by atoms with van der Waals surface area (Å²) in [5.74, 6) is 0.462. The van der Waals surface area contributed by atoms with Crippen molar-refractivity contribution in [3.8, 4) is 0 Å². The van der Waals surface area contributed by atoms with Gasteiger partial charge in [0, 0.05) is 25.4 Å². The monoisotopic (exact) mass is 311 g/mol. The summed E-state index contributed by atoms with van der Waals surface area (Å²) in [5.41, 5.74) is 3.50. The highest BCUT2D eigenvalue weighted by molar-refractivity contribution is 5.91. The molecule has 122 valence electrons. The third-order valence-electron chi connectivity index (χ3n) is 3.66. The second-order valence-corrected chi connectivity index (χ2v) is 6.08. The van der Waals surface area contributed by atoms with Crippen LogP contribution < -0.4 is 5.32 Å². The predicted octanol–water partition coefficient (Wildman–Crippen LogP) is 3.53. The van der Waals surface area contributed by atoms with E-state index in [1.54, 1.807) is 6.08 Å². The fraction of sp³-hybridized carbons (Fsp3) is 0.368. The van der Waals surface area contributed by atoms with Crippen molar-refractivity contribution in [3.63, 3.8) is 0 Å². The van der Waals surface area contributed by atoms with Crippen LogP contribution in [0, 0.1) is 6.92 Å². The van der Waals surface area contributed by atoms with Crippen LogP contribution in [0.15, 0.2) is 42.7 Å². The van der Waals surface area contributed by atoms with Crippen LogP contribution in [-0.4, -0.2) is 22.2 Å². The molecule has 0 saturated heterocycles. The first kappa shape index (κ1) is 17.0. The zero-order valence-electron chi connectivity index (χ0n) is 14.1. The summed E-state index contributed by atoms with van der Waals surface area (Å²) < 4.78 is 1.90. The lowest BCUT2D eigenvalue weighted by molar-refractivity contribution is -0.116. The third-order valence-corrected chi connectivity index (χ3v) is 3.66. The summed E-state index contributed by atoms with van der Waals surface area (Å²) in [7, 11) is 0. The number of rotatable bonds is 7. The smallest absolute Gasteiger partial charge is 0.244 e. The Kier molecular flexibility index (Phi) is 6.15. The molecule has 2 rings (SSSR count). The van der Waals surface area contributed by atoms with Crippen LogP contribution in [0.5, 0.6) is 0 Å². The molecule has 4 nitrogen and oxygen atoms in total. The molecule has 0 atom stereocenters. The standard InChI is InChI=1S/C19H25N3O/c1-15(2)18-8-5-17(6-9-18)7-10-19(23)20-11-4-12-22-14-16(3)13-21-22/h5-10,13-15H,4,11-12H2,1-3H3,(H,20,23)/b10-7+. The minimum atomic E-state index is -0.0606. The SMILES string of the molecule is Cc1cnn(CCCNC(=O)/C=C/c2ccc(C(C)C)cc2)c1. The van der Waals surface area contributed by atoms with Gasteiger partial charge in [-0.05, 0) is 42.0 Å². The lowest BCUT2D eigenvalue weighted by Gasteiger charge is -2.05. The molecule has 2 aromatic rings. The minimum Gasteiger partial charge on any atom is -0.352 e. The Morgan fingerprint density at radius 1 is 1.30 bits per heavy atom.